The quantitative estimate of drug-likeness (QED) is 0.647. The molecular formula is C14H16ClN3O2. The van der Waals surface area contributed by atoms with Crippen LogP contribution in [0.2, 0.25) is 0 Å². The molecule has 1 aromatic carbocycles. The summed E-state index contributed by atoms with van der Waals surface area (Å²) >= 11 is 0. The molecule has 0 saturated heterocycles. The number of ether oxygens (including phenoxy) is 1. The highest BCUT2D eigenvalue weighted by molar-refractivity contribution is 6.19. The first kappa shape index (κ1) is 15.8. The number of ketones is 1. The highest BCUT2D eigenvalue weighted by Crippen LogP contribution is 2.33. The van der Waals surface area contributed by atoms with Crippen LogP contribution >= 0.6 is 12.4 Å². The molecule has 0 saturated carbocycles. The van der Waals surface area contributed by atoms with Crippen LogP contribution in [0.3, 0.4) is 0 Å². The number of halogens is 1. The predicted octanol–water partition coefficient (Wildman–Crippen LogP) is 2.44. The van der Waals surface area contributed by atoms with Gasteiger partial charge >= 0.3 is 0 Å². The number of allylic oxidation sites excluding steroid dienone is 4. The van der Waals surface area contributed by atoms with Crippen molar-refractivity contribution in [3.8, 4) is 5.75 Å². The van der Waals surface area contributed by atoms with Gasteiger partial charge in [-0.2, -0.15) is 0 Å². The van der Waals surface area contributed by atoms with Gasteiger partial charge in [0.2, 0.25) is 0 Å². The fraction of sp³-hybridized carbons (Fsp3) is 0.143. The van der Waals surface area contributed by atoms with Crippen LogP contribution in [-0.4, -0.2) is 18.6 Å². The van der Waals surface area contributed by atoms with Crippen LogP contribution in [0.5, 0.6) is 5.75 Å². The summed E-state index contributed by atoms with van der Waals surface area (Å²) in [4.78, 5) is 15.7. The summed E-state index contributed by atoms with van der Waals surface area (Å²) in [6.07, 6.45) is 4.85. The third-order valence-electron chi connectivity index (χ3n) is 2.79. The van der Waals surface area contributed by atoms with Gasteiger partial charge in [-0.1, -0.05) is 0 Å². The normalized spacial score (nSPS) is 15.8. The number of carbonyl (C=O) groups is 1. The first-order chi connectivity index (χ1) is 9.01. The van der Waals surface area contributed by atoms with E-state index < -0.39 is 0 Å². The highest BCUT2D eigenvalue weighted by Gasteiger charge is 2.09. The van der Waals surface area contributed by atoms with Gasteiger partial charge in [0.15, 0.2) is 5.78 Å². The van der Waals surface area contributed by atoms with Crippen molar-refractivity contribution in [1.82, 2.24) is 0 Å². The SMILES string of the molecule is COc1cc(N=C2C=CC(=O)C(C)=C2)c(N)cc1N.Cl. The van der Waals surface area contributed by atoms with E-state index in [1.165, 1.54) is 13.2 Å². The Labute approximate surface area is 123 Å². The van der Waals surface area contributed by atoms with Crippen molar-refractivity contribution in [1.29, 1.82) is 0 Å². The van der Waals surface area contributed by atoms with Crippen molar-refractivity contribution in [2.75, 3.05) is 18.6 Å². The second-order valence-corrected chi connectivity index (χ2v) is 4.21. The van der Waals surface area contributed by atoms with E-state index in [9.17, 15) is 4.79 Å². The zero-order chi connectivity index (χ0) is 14.0. The molecule has 1 aromatic rings. The van der Waals surface area contributed by atoms with E-state index in [-0.39, 0.29) is 18.2 Å². The molecule has 0 radical (unpaired) electrons. The minimum absolute atomic E-state index is 0. The van der Waals surface area contributed by atoms with Gasteiger partial charge in [-0.05, 0) is 36.8 Å². The van der Waals surface area contributed by atoms with Gasteiger partial charge < -0.3 is 16.2 Å². The Balaban J connectivity index is 0.00000200. The Bertz CT molecular complexity index is 634. The predicted molar refractivity (Wildman–Crippen MR) is 84.1 cm³/mol. The fourth-order valence-electron chi connectivity index (χ4n) is 1.72. The minimum atomic E-state index is -0.0122. The summed E-state index contributed by atoms with van der Waals surface area (Å²) in [6.45, 7) is 1.74. The lowest BCUT2D eigenvalue weighted by Gasteiger charge is -2.09. The Morgan fingerprint density at radius 2 is 1.85 bits per heavy atom. The topological polar surface area (TPSA) is 90.7 Å². The Morgan fingerprint density at radius 1 is 1.15 bits per heavy atom. The molecule has 106 valence electrons. The summed E-state index contributed by atoms with van der Waals surface area (Å²) in [6, 6.07) is 3.28. The smallest absolute Gasteiger partial charge is 0.181 e. The molecule has 0 fully saturated rings. The van der Waals surface area contributed by atoms with Gasteiger partial charge in [0, 0.05) is 6.07 Å². The van der Waals surface area contributed by atoms with Gasteiger partial charge in [-0.15, -0.1) is 12.4 Å². The first-order valence-corrected chi connectivity index (χ1v) is 5.73. The van der Waals surface area contributed by atoms with Gasteiger partial charge in [0.1, 0.15) is 5.75 Å². The molecule has 0 aliphatic heterocycles. The maximum absolute atomic E-state index is 11.3. The molecule has 0 heterocycles. The number of nitrogens with zero attached hydrogens (tertiary/aromatic N) is 1. The third kappa shape index (κ3) is 3.19. The molecule has 0 unspecified atom stereocenters. The molecule has 0 bridgehead atoms. The van der Waals surface area contributed by atoms with E-state index in [0.717, 1.165) is 0 Å². The molecule has 5 nitrogen and oxygen atoms in total. The van der Waals surface area contributed by atoms with Crippen LogP contribution < -0.4 is 16.2 Å². The molecule has 0 aromatic heterocycles. The Hall–Kier alpha value is -2.27. The fourth-order valence-corrected chi connectivity index (χ4v) is 1.72. The van der Waals surface area contributed by atoms with E-state index in [4.69, 9.17) is 16.2 Å². The maximum Gasteiger partial charge on any atom is 0.181 e. The van der Waals surface area contributed by atoms with Gasteiger partial charge in [-0.25, -0.2) is 4.99 Å². The second kappa shape index (κ2) is 6.25. The van der Waals surface area contributed by atoms with E-state index in [1.807, 2.05) is 0 Å². The molecule has 6 heteroatoms. The summed E-state index contributed by atoms with van der Waals surface area (Å²) in [5.74, 6) is 0.506. The van der Waals surface area contributed by atoms with Crippen molar-refractivity contribution in [3.05, 3.63) is 35.9 Å². The van der Waals surface area contributed by atoms with Crippen LogP contribution in [0.4, 0.5) is 17.1 Å². The van der Waals surface area contributed by atoms with Gasteiger partial charge in [0.25, 0.3) is 0 Å². The van der Waals surface area contributed by atoms with Gasteiger partial charge in [-0.3, -0.25) is 4.79 Å². The standard InChI is InChI=1S/C14H15N3O2.ClH/c1-8-5-9(3-4-13(8)18)17-12-7-14(19-2)11(16)6-10(12)15;/h3-7H,15-16H2,1-2H3;1H. The van der Waals surface area contributed by atoms with Crippen molar-refractivity contribution < 1.29 is 9.53 Å². The zero-order valence-electron chi connectivity index (χ0n) is 11.2. The van der Waals surface area contributed by atoms with Crippen molar-refractivity contribution >= 4 is 41.0 Å². The van der Waals surface area contributed by atoms with Crippen molar-refractivity contribution in [2.45, 2.75) is 6.92 Å². The van der Waals surface area contributed by atoms with E-state index in [1.54, 1.807) is 31.2 Å². The lowest BCUT2D eigenvalue weighted by molar-refractivity contribution is -0.111. The number of anilines is 2. The summed E-state index contributed by atoms with van der Waals surface area (Å²) in [5.41, 5.74) is 14.4. The number of methoxy groups -OCH3 is 1. The number of aliphatic imine (C=N–C) groups is 1. The Morgan fingerprint density at radius 3 is 2.45 bits per heavy atom. The van der Waals surface area contributed by atoms with E-state index in [0.29, 0.717) is 34.1 Å². The van der Waals surface area contributed by atoms with Crippen LogP contribution in [-0.2, 0) is 4.79 Å². The molecule has 1 aliphatic carbocycles. The molecule has 2 rings (SSSR count). The minimum Gasteiger partial charge on any atom is -0.495 e. The van der Waals surface area contributed by atoms with Gasteiger partial charge in [0.05, 0.1) is 29.9 Å². The number of nitrogen functional groups attached to an aromatic ring is 2. The number of rotatable bonds is 2. The van der Waals surface area contributed by atoms with Crippen LogP contribution in [0.1, 0.15) is 6.92 Å². The maximum atomic E-state index is 11.3. The zero-order valence-corrected chi connectivity index (χ0v) is 12.0. The number of benzene rings is 1. The van der Waals surface area contributed by atoms with Crippen LogP contribution in [0.15, 0.2) is 40.9 Å². The number of nitrogens with two attached hydrogens (primary N) is 2. The Kier molecular flexibility index (Phi) is 4.94. The van der Waals surface area contributed by atoms with Crippen LogP contribution in [0, 0.1) is 0 Å². The summed E-state index contributed by atoms with van der Waals surface area (Å²) in [7, 11) is 1.53. The third-order valence-corrected chi connectivity index (χ3v) is 2.79. The van der Waals surface area contributed by atoms with Crippen LogP contribution in [0.25, 0.3) is 0 Å². The molecular weight excluding hydrogens is 278 g/mol. The summed E-state index contributed by atoms with van der Waals surface area (Å²) in [5, 5.41) is 0. The monoisotopic (exact) mass is 293 g/mol. The second-order valence-electron chi connectivity index (χ2n) is 4.21. The molecule has 0 atom stereocenters. The number of carbonyl (C=O) groups excluding carboxylic acids is 1. The molecule has 20 heavy (non-hydrogen) atoms. The average molecular weight is 294 g/mol. The lowest BCUT2D eigenvalue weighted by Crippen LogP contribution is -2.05. The molecule has 4 N–H and O–H groups in total. The van der Waals surface area contributed by atoms with E-state index in [2.05, 4.69) is 4.99 Å². The largest absolute Gasteiger partial charge is 0.495 e. The number of hydrogen-bond donors (Lipinski definition) is 2. The highest BCUT2D eigenvalue weighted by atomic mass is 35.5. The molecule has 0 amide bonds. The van der Waals surface area contributed by atoms with E-state index >= 15 is 0 Å². The number of hydrogen-bond acceptors (Lipinski definition) is 5. The average Bonchev–Trinajstić information content (AvgIpc) is 2.37. The first-order valence-electron chi connectivity index (χ1n) is 5.73. The lowest BCUT2D eigenvalue weighted by atomic mass is 10.1. The van der Waals surface area contributed by atoms with Crippen molar-refractivity contribution in [3.63, 3.8) is 0 Å². The molecule has 1 aliphatic rings. The molecule has 0 spiro atoms. The van der Waals surface area contributed by atoms with Crippen molar-refractivity contribution in [2.24, 2.45) is 4.99 Å². The summed E-state index contributed by atoms with van der Waals surface area (Å²) < 4.78 is 5.13.